The molecule has 5 heterocycles. The minimum atomic E-state index is 0.622. The smallest absolute Gasteiger partial charge is 0.229 e. The number of nitrogens with zero attached hydrogens (tertiary/aromatic N) is 5. The summed E-state index contributed by atoms with van der Waals surface area (Å²) in [7, 11) is 0. The number of hydrogen-bond donors (Lipinski definition) is 0. The number of likely N-dealkylation sites (tertiary alicyclic amines) is 1. The van der Waals surface area contributed by atoms with Crippen LogP contribution in [0.4, 0.5) is 5.82 Å². The average Bonchev–Trinajstić information content (AvgIpc) is 3.46. The number of benzene rings is 1. The molecule has 0 N–H and O–H groups in total. The van der Waals surface area contributed by atoms with Crippen LogP contribution in [0.25, 0.3) is 39.7 Å². The number of ether oxygens (including phenoxy) is 1. The minimum absolute atomic E-state index is 0.622. The van der Waals surface area contributed by atoms with Gasteiger partial charge in [-0.2, -0.15) is 0 Å². The fourth-order valence-corrected chi connectivity index (χ4v) is 5.04. The van der Waals surface area contributed by atoms with Gasteiger partial charge in [0.25, 0.3) is 0 Å². The molecule has 0 bridgehead atoms. The molecule has 7 nitrogen and oxygen atoms in total. The van der Waals surface area contributed by atoms with Crippen molar-refractivity contribution in [1.29, 1.82) is 0 Å². The molecule has 3 aliphatic rings. The number of fused-ring (bicyclic) bond motifs is 4. The molecule has 0 saturated carbocycles. The summed E-state index contributed by atoms with van der Waals surface area (Å²) in [5.41, 5.74) is 6.98. The number of hydrogen-bond acceptors (Lipinski definition) is 7. The molecule has 0 unspecified atom stereocenters. The third-order valence-corrected chi connectivity index (χ3v) is 6.93. The van der Waals surface area contributed by atoms with E-state index in [2.05, 4.69) is 51.2 Å². The molecule has 7 heteroatoms. The van der Waals surface area contributed by atoms with Crippen molar-refractivity contribution >= 4 is 34.1 Å². The molecular formula is C26H25N5O2. The highest BCUT2D eigenvalue weighted by molar-refractivity contribution is 6.05. The van der Waals surface area contributed by atoms with E-state index >= 15 is 0 Å². The highest BCUT2D eigenvalue weighted by Crippen LogP contribution is 2.37. The summed E-state index contributed by atoms with van der Waals surface area (Å²) in [5.74, 6) is 1.57. The van der Waals surface area contributed by atoms with Crippen LogP contribution in [0.15, 0.2) is 41.0 Å². The van der Waals surface area contributed by atoms with E-state index in [1.165, 1.54) is 23.1 Å². The summed E-state index contributed by atoms with van der Waals surface area (Å²) in [6.45, 7) is 6.16. The van der Waals surface area contributed by atoms with Crippen molar-refractivity contribution in [3.8, 4) is 11.4 Å². The van der Waals surface area contributed by atoms with Crippen LogP contribution in [0.2, 0.25) is 0 Å². The second kappa shape index (κ2) is 7.64. The van der Waals surface area contributed by atoms with Crippen molar-refractivity contribution in [3.63, 3.8) is 0 Å². The maximum atomic E-state index is 6.27. The molecule has 33 heavy (non-hydrogen) atoms. The van der Waals surface area contributed by atoms with E-state index in [1.54, 1.807) is 0 Å². The van der Waals surface area contributed by atoms with Crippen molar-refractivity contribution in [1.82, 2.24) is 19.9 Å². The van der Waals surface area contributed by atoms with Gasteiger partial charge in [-0.3, -0.25) is 4.90 Å². The van der Waals surface area contributed by atoms with Crippen LogP contribution < -0.4 is 4.90 Å². The number of allylic oxidation sites excluding steroid dienone is 1. The van der Waals surface area contributed by atoms with E-state index in [-0.39, 0.29) is 0 Å². The molecule has 0 atom stereocenters. The number of anilines is 1. The minimum Gasteiger partial charge on any atom is -0.432 e. The Morgan fingerprint density at radius 3 is 2.79 bits per heavy atom. The average molecular weight is 440 g/mol. The van der Waals surface area contributed by atoms with E-state index in [4.69, 9.17) is 19.1 Å². The molecule has 0 radical (unpaired) electrons. The zero-order valence-electron chi connectivity index (χ0n) is 18.5. The summed E-state index contributed by atoms with van der Waals surface area (Å²) in [6, 6.07) is 8.60. The van der Waals surface area contributed by atoms with Crippen molar-refractivity contribution < 1.29 is 9.15 Å². The summed E-state index contributed by atoms with van der Waals surface area (Å²) in [4.78, 5) is 19.5. The Morgan fingerprint density at radius 2 is 1.94 bits per heavy atom. The van der Waals surface area contributed by atoms with Gasteiger partial charge < -0.3 is 14.1 Å². The van der Waals surface area contributed by atoms with E-state index in [0.29, 0.717) is 24.5 Å². The van der Waals surface area contributed by atoms with Crippen LogP contribution in [0.3, 0.4) is 0 Å². The first-order valence-corrected chi connectivity index (χ1v) is 11.8. The lowest BCUT2D eigenvalue weighted by Crippen LogP contribution is -2.37. The molecule has 3 aromatic heterocycles. The predicted molar refractivity (Wildman–Crippen MR) is 128 cm³/mol. The van der Waals surface area contributed by atoms with Crippen molar-refractivity contribution in [2.24, 2.45) is 0 Å². The summed E-state index contributed by atoms with van der Waals surface area (Å²) in [5, 5.41) is 0.962. The zero-order chi connectivity index (χ0) is 21.8. The molecular weight excluding hydrogens is 414 g/mol. The Labute approximate surface area is 191 Å². The van der Waals surface area contributed by atoms with Crippen molar-refractivity contribution in [3.05, 3.63) is 53.2 Å². The Bertz CT molecular complexity index is 1400. The molecule has 1 aliphatic carbocycles. The number of rotatable bonds is 4. The van der Waals surface area contributed by atoms with Gasteiger partial charge in [0.05, 0.1) is 18.6 Å². The van der Waals surface area contributed by atoms with E-state index < -0.39 is 0 Å². The van der Waals surface area contributed by atoms with Gasteiger partial charge in [0.2, 0.25) is 5.71 Å². The van der Waals surface area contributed by atoms with Crippen molar-refractivity contribution in [2.45, 2.75) is 19.4 Å². The SMILES string of the molecule is C1=Cc2c(cccc2-c2nc(N3CCOCC3)c3oc4ncc(CN5CCC5)cc4c3n2)C1. The number of furan rings is 1. The first-order chi connectivity index (χ1) is 16.3. The highest BCUT2D eigenvalue weighted by Gasteiger charge is 2.25. The maximum absolute atomic E-state index is 6.27. The van der Waals surface area contributed by atoms with Crippen LogP contribution in [-0.4, -0.2) is 59.2 Å². The first kappa shape index (κ1) is 19.2. The molecule has 166 valence electrons. The molecule has 0 spiro atoms. The lowest BCUT2D eigenvalue weighted by molar-refractivity contribution is 0.122. The number of morpholine rings is 1. The second-order valence-corrected chi connectivity index (χ2v) is 9.06. The molecule has 1 aromatic carbocycles. The topological polar surface area (TPSA) is 67.5 Å². The zero-order valence-corrected chi connectivity index (χ0v) is 18.5. The molecule has 0 amide bonds. The fraction of sp³-hybridized carbons (Fsp3) is 0.346. The van der Waals surface area contributed by atoms with Gasteiger partial charge in [0.1, 0.15) is 5.52 Å². The number of pyridine rings is 1. The Hall–Kier alpha value is -3.29. The predicted octanol–water partition coefficient (Wildman–Crippen LogP) is 4.05. The standard InChI is InChI=1S/C26H25N5O2/c1-4-18-5-2-7-20(19(18)6-1)24-28-22-21-14-17(16-30-8-3-9-30)15-27-26(21)33-23(22)25(29-24)31-10-12-32-13-11-31/h1-2,5-7,14-15H,3-4,8-13,16H2. The van der Waals surface area contributed by atoms with E-state index in [9.17, 15) is 0 Å². The quantitative estimate of drug-likeness (QED) is 0.475. The number of aromatic nitrogens is 3. The second-order valence-electron chi connectivity index (χ2n) is 9.06. The van der Waals surface area contributed by atoms with E-state index in [0.717, 1.165) is 67.3 Å². The molecule has 2 saturated heterocycles. The van der Waals surface area contributed by atoms with Crippen LogP contribution >= 0.6 is 0 Å². The third-order valence-electron chi connectivity index (χ3n) is 6.93. The molecule has 2 aliphatic heterocycles. The Balaban J connectivity index is 1.44. The van der Waals surface area contributed by atoms with Crippen molar-refractivity contribution in [2.75, 3.05) is 44.3 Å². The third kappa shape index (κ3) is 3.22. The largest absolute Gasteiger partial charge is 0.432 e. The summed E-state index contributed by atoms with van der Waals surface area (Å²) < 4.78 is 11.9. The van der Waals surface area contributed by atoms with Gasteiger partial charge in [-0.25, -0.2) is 15.0 Å². The normalized spacial score (nSPS) is 18.2. The van der Waals surface area contributed by atoms with Gasteiger partial charge in [0, 0.05) is 31.4 Å². The summed E-state index contributed by atoms with van der Waals surface area (Å²) in [6.07, 6.45) is 8.56. The van der Waals surface area contributed by atoms with Gasteiger partial charge in [-0.1, -0.05) is 30.4 Å². The lowest BCUT2D eigenvalue weighted by Gasteiger charge is -2.30. The highest BCUT2D eigenvalue weighted by atomic mass is 16.5. The maximum Gasteiger partial charge on any atom is 0.229 e. The van der Waals surface area contributed by atoms with Crippen LogP contribution in [-0.2, 0) is 17.7 Å². The van der Waals surface area contributed by atoms with Crippen LogP contribution in [0, 0.1) is 0 Å². The van der Waals surface area contributed by atoms with Gasteiger partial charge >= 0.3 is 0 Å². The van der Waals surface area contributed by atoms with E-state index in [1.807, 2.05) is 6.20 Å². The van der Waals surface area contributed by atoms with Crippen LogP contribution in [0.5, 0.6) is 0 Å². The molecule has 4 aromatic rings. The monoisotopic (exact) mass is 439 g/mol. The lowest BCUT2D eigenvalue weighted by atomic mass is 10.0. The molecule has 2 fully saturated rings. The van der Waals surface area contributed by atoms with Gasteiger partial charge in [-0.15, -0.1) is 0 Å². The van der Waals surface area contributed by atoms with Gasteiger partial charge in [-0.05, 0) is 48.7 Å². The Morgan fingerprint density at radius 1 is 1.03 bits per heavy atom. The first-order valence-electron chi connectivity index (χ1n) is 11.8. The van der Waals surface area contributed by atoms with Crippen LogP contribution in [0.1, 0.15) is 23.1 Å². The Kier molecular flexibility index (Phi) is 4.45. The summed E-state index contributed by atoms with van der Waals surface area (Å²) >= 11 is 0. The van der Waals surface area contributed by atoms with Gasteiger partial charge in [0.15, 0.2) is 17.2 Å². The fourth-order valence-electron chi connectivity index (χ4n) is 5.04. The molecule has 7 rings (SSSR count).